The molecule has 5 nitrogen and oxygen atoms in total. The van der Waals surface area contributed by atoms with Gasteiger partial charge in [0.1, 0.15) is 12.2 Å². The molecule has 1 amide bonds. The normalized spacial score (nSPS) is 35.2. The number of ether oxygens (including phenoxy) is 2. The van der Waals surface area contributed by atoms with Gasteiger partial charge in [-0.15, -0.1) is 0 Å². The van der Waals surface area contributed by atoms with Gasteiger partial charge >= 0.3 is 12.1 Å². The first-order valence-corrected chi connectivity index (χ1v) is 9.14. The van der Waals surface area contributed by atoms with Gasteiger partial charge in [-0.1, -0.05) is 30.3 Å². The smallest absolute Gasteiger partial charge is 0.407 e. The zero-order valence-electron chi connectivity index (χ0n) is 14.6. The quantitative estimate of drug-likeness (QED) is 0.849. The highest BCUT2D eigenvalue weighted by atomic mass is 16.6. The molecule has 2 unspecified atom stereocenters. The van der Waals surface area contributed by atoms with Crippen molar-refractivity contribution < 1.29 is 19.1 Å². The monoisotopic (exact) mass is 343 g/mol. The maximum absolute atomic E-state index is 12.4. The van der Waals surface area contributed by atoms with Crippen molar-refractivity contribution in [2.24, 2.45) is 11.8 Å². The first kappa shape index (κ1) is 16.4. The van der Waals surface area contributed by atoms with E-state index in [1.165, 1.54) is 13.3 Å². The molecule has 1 aromatic carbocycles. The van der Waals surface area contributed by atoms with Gasteiger partial charge in [0.15, 0.2) is 0 Å². The first-order valence-electron chi connectivity index (χ1n) is 9.14. The summed E-state index contributed by atoms with van der Waals surface area (Å²) in [5.74, 6) is 0.828. The minimum absolute atomic E-state index is 0.219. The van der Waals surface area contributed by atoms with E-state index in [1.807, 2.05) is 30.3 Å². The van der Waals surface area contributed by atoms with Crippen molar-refractivity contribution in [3.8, 4) is 0 Å². The van der Waals surface area contributed by atoms with Crippen LogP contribution in [-0.2, 0) is 20.9 Å². The lowest BCUT2D eigenvalue weighted by molar-refractivity contribution is -0.189. The number of hydrogen-bond acceptors (Lipinski definition) is 4. The zero-order valence-corrected chi connectivity index (χ0v) is 14.6. The highest BCUT2D eigenvalue weighted by Crippen LogP contribution is 2.58. The lowest BCUT2D eigenvalue weighted by Crippen LogP contribution is -2.66. The average Bonchev–Trinajstić information content (AvgIpc) is 2.51. The fourth-order valence-electron chi connectivity index (χ4n) is 5.72. The molecule has 0 heterocycles. The molecule has 0 radical (unpaired) electrons. The van der Waals surface area contributed by atoms with E-state index in [4.69, 9.17) is 9.47 Å². The van der Waals surface area contributed by atoms with Gasteiger partial charge in [-0.25, -0.2) is 4.79 Å². The van der Waals surface area contributed by atoms with Gasteiger partial charge in [0, 0.05) is 18.9 Å². The molecule has 4 aliphatic rings. The Balaban J connectivity index is 1.43. The third-order valence-corrected chi connectivity index (χ3v) is 5.95. The van der Waals surface area contributed by atoms with Gasteiger partial charge in [-0.2, -0.15) is 0 Å². The molecule has 4 saturated carbocycles. The van der Waals surface area contributed by atoms with Crippen LogP contribution in [0.25, 0.3) is 0 Å². The topological polar surface area (TPSA) is 64.6 Å². The summed E-state index contributed by atoms with van der Waals surface area (Å²) in [6.07, 6.45) is 5.33. The Bertz CT molecular complexity index is 658. The summed E-state index contributed by atoms with van der Waals surface area (Å²) >= 11 is 0. The number of esters is 1. The van der Waals surface area contributed by atoms with Crippen molar-refractivity contribution >= 4 is 12.1 Å². The number of rotatable bonds is 4. The van der Waals surface area contributed by atoms with Crippen LogP contribution in [-0.4, -0.2) is 23.2 Å². The average molecular weight is 343 g/mol. The second kappa shape index (κ2) is 6.04. The number of benzene rings is 1. The summed E-state index contributed by atoms with van der Waals surface area (Å²) in [5, 5.41) is 3.14. The van der Waals surface area contributed by atoms with E-state index in [-0.39, 0.29) is 29.8 Å². The van der Waals surface area contributed by atoms with Gasteiger partial charge in [-0.05, 0) is 49.5 Å². The number of nitrogens with one attached hydrogen (secondary N) is 1. The van der Waals surface area contributed by atoms with Crippen molar-refractivity contribution in [3.63, 3.8) is 0 Å². The van der Waals surface area contributed by atoms with E-state index in [2.05, 4.69) is 5.32 Å². The molecule has 0 saturated heterocycles. The third kappa shape index (κ3) is 3.37. The van der Waals surface area contributed by atoms with E-state index in [1.54, 1.807) is 0 Å². The molecule has 5 rings (SSSR count). The second-order valence-corrected chi connectivity index (χ2v) is 8.20. The highest BCUT2D eigenvalue weighted by Gasteiger charge is 2.60. The van der Waals surface area contributed by atoms with Crippen LogP contribution in [0, 0.1) is 11.8 Å². The Kier molecular flexibility index (Phi) is 3.97. The molecule has 4 fully saturated rings. The Labute approximate surface area is 148 Å². The highest BCUT2D eigenvalue weighted by molar-refractivity contribution is 5.69. The summed E-state index contributed by atoms with van der Waals surface area (Å²) in [6, 6.07) is 9.67. The zero-order chi connectivity index (χ0) is 17.5. The SMILES string of the molecule is CC(=O)OC12C[C@@H]3C[C@@H](CC(NC(=O)OCc4ccccc4)(C3)C1)C2. The molecule has 1 aromatic rings. The molecule has 5 heteroatoms. The van der Waals surface area contributed by atoms with Crippen molar-refractivity contribution in [1.29, 1.82) is 0 Å². The molecular formula is C20H25NO4. The summed E-state index contributed by atoms with van der Waals surface area (Å²) in [4.78, 5) is 24.0. The third-order valence-electron chi connectivity index (χ3n) is 5.95. The van der Waals surface area contributed by atoms with Gasteiger partial charge in [-0.3, -0.25) is 4.79 Å². The number of carbonyl (C=O) groups is 2. The molecule has 0 aromatic heterocycles. The standard InChI is InChI=1S/C20H25NO4/c1-14(22)25-20-10-16-7-17(11-20)9-19(8-16,13-20)21-18(23)24-12-15-5-3-2-4-6-15/h2-6,16-17H,7-13H2,1H3,(H,21,23)/t16-,17+,19?,20?. The Morgan fingerprint density at radius 1 is 1.12 bits per heavy atom. The lowest BCUT2D eigenvalue weighted by Gasteiger charge is -2.60. The molecule has 25 heavy (non-hydrogen) atoms. The van der Waals surface area contributed by atoms with Gasteiger partial charge < -0.3 is 14.8 Å². The van der Waals surface area contributed by atoms with Crippen LogP contribution in [0.2, 0.25) is 0 Å². The van der Waals surface area contributed by atoms with Gasteiger partial charge in [0.05, 0.1) is 0 Å². The molecule has 4 bridgehead atoms. The molecule has 1 N–H and O–H groups in total. The van der Waals surface area contributed by atoms with E-state index in [9.17, 15) is 9.59 Å². The number of amides is 1. The summed E-state index contributed by atoms with van der Waals surface area (Å²) in [6.45, 7) is 1.75. The maximum atomic E-state index is 12.4. The number of alkyl carbamates (subject to hydrolysis) is 1. The van der Waals surface area contributed by atoms with Crippen LogP contribution in [0.5, 0.6) is 0 Å². The Hall–Kier alpha value is -2.04. The van der Waals surface area contributed by atoms with Crippen molar-refractivity contribution in [2.75, 3.05) is 0 Å². The second-order valence-electron chi connectivity index (χ2n) is 8.20. The first-order chi connectivity index (χ1) is 12.0. The molecule has 4 aliphatic carbocycles. The van der Waals surface area contributed by atoms with E-state index in [0.29, 0.717) is 18.3 Å². The maximum Gasteiger partial charge on any atom is 0.407 e. The van der Waals surface area contributed by atoms with Crippen LogP contribution in [0.3, 0.4) is 0 Å². The minimum Gasteiger partial charge on any atom is -0.459 e. The van der Waals surface area contributed by atoms with E-state index >= 15 is 0 Å². The number of hydrogen-bond donors (Lipinski definition) is 1. The van der Waals surface area contributed by atoms with E-state index < -0.39 is 0 Å². The molecular weight excluding hydrogens is 318 g/mol. The summed E-state index contributed by atoms with van der Waals surface area (Å²) in [7, 11) is 0. The molecule has 0 spiro atoms. The largest absolute Gasteiger partial charge is 0.459 e. The van der Waals surface area contributed by atoms with Crippen molar-refractivity contribution in [1.82, 2.24) is 5.32 Å². The van der Waals surface area contributed by atoms with Crippen LogP contribution in [0.1, 0.15) is 51.0 Å². The summed E-state index contributed by atoms with van der Waals surface area (Å²) in [5.41, 5.74) is 0.301. The Morgan fingerprint density at radius 2 is 1.80 bits per heavy atom. The molecule has 4 atom stereocenters. The van der Waals surface area contributed by atoms with Crippen LogP contribution < -0.4 is 5.32 Å². The number of carbonyl (C=O) groups excluding carboxylic acids is 2. The minimum atomic E-state index is -0.386. The van der Waals surface area contributed by atoms with E-state index in [0.717, 1.165) is 31.2 Å². The Morgan fingerprint density at radius 3 is 2.44 bits per heavy atom. The van der Waals surface area contributed by atoms with Crippen molar-refractivity contribution in [3.05, 3.63) is 35.9 Å². The fraction of sp³-hybridized carbons (Fsp3) is 0.600. The van der Waals surface area contributed by atoms with Crippen molar-refractivity contribution in [2.45, 2.75) is 63.2 Å². The predicted octanol–water partition coefficient (Wildman–Crippen LogP) is 3.57. The fourth-order valence-corrected chi connectivity index (χ4v) is 5.72. The van der Waals surface area contributed by atoms with Gasteiger partial charge in [0.25, 0.3) is 0 Å². The summed E-state index contributed by atoms with van der Waals surface area (Å²) < 4.78 is 11.2. The molecule has 0 aliphatic heterocycles. The predicted molar refractivity (Wildman–Crippen MR) is 91.7 cm³/mol. The molecule has 134 valence electrons. The van der Waals surface area contributed by atoms with Crippen LogP contribution in [0.15, 0.2) is 30.3 Å². The van der Waals surface area contributed by atoms with Gasteiger partial charge in [0.2, 0.25) is 0 Å². The van der Waals surface area contributed by atoms with Crippen LogP contribution >= 0.6 is 0 Å². The van der Waals surface area contributed by atoms with Crippen LogP contribution in [0.4, 0.5) is 4.79 Å². The lowest BCUT2D eigenvalue weighted by atomic mass is 9.51.